The molecule has 0 aromatic heterocycles. The molecule has 1 radical (unpaired) electrons. The van der Waals surface area contributed by atoms with Crippen LogP contribution in [0.25, 0.3) is 0 Å². The molecule has 0 aromatic carbocycles. The summed E-state index contributed by atoms with van der Waals surface area (Å²) in [5.41, 5.74) is 0. The third kappa shape index (κ3) is 3890. The van der Waals surface area contributed by atoms with Crippen molar-refractivity contribution < 1.29 is 459 Å². The van der Waals surface area contributed by atoms with Gasteiger partial charge in [-0.15, -0.1) is 0 Å². The SMILES string of the molecule is O.O.O.O.O.O.O.O.O.O.O.O.O.O.O.O.O.O.O.O.O.O.O.O.O.O.O.O.O.O.O.O.O.O.O.O[Si](O)(O)[OH2+].[Co].[W].[W].[W].[W].[W].[W].[W].[W].[W].[W].[W]. The van der Waals surface area contributed by atoms with Crippen LogP contribution in [0, 0.1) is 0 Å². The van der Waals surface area contributed by atoms with Gasteiger partial charge in [-0.2, -0.15) is 0 Å². The summed E-state index contributed by atoms with van der Waals surface area (Å²) >= 11 is 0. The monoisotopic (exact) mass is 2810 g/mol. The molecule has 387 valence electrons. The smallest absolute Gasteiger partial charge is 0.475 e. The predicted molar refractivity (Wildman–Crippen MR) is 143 cm³/mol. The summed E-state index contributed by atoms with van der Waals surface area (Å²) in [7, 11) is -4.36. The van der Waals surface area contributed by atoms with Crippen molar-refractivity contribution in [3.63, 3.8) is 0 Å². The first-order chi connectivity index (χ1) is 2.00. The second kappa shape index (κ2) is 1150. The minimum Gasteiger partial charge on any atom is -0.475 e. The molecule has 0 heterocycles. The Hall–Kier alpha value is 6.73. The zero-order valence-corrected chi connectivity index (χ0v) is 59.0. The molecule has 0 aliphatic carbocycles. The third-order valence-electron chi connectivity index (χ3n) is 0. The van der Waals surface area contributed by atoms with Gasteiger partial charge in [0.25, 0.3) is 0 Å². The maximum atomic E-state index is 7.44. The maximum Gasteiger partial charge on any atom is 0.900 e. The van der Waals surface area contributed by atoms with E-state index in [0.717, 1.165) is 0 Å². The van der Waals surface area contributed by atoms with E-state index in [2.05, 4.69) is 0 Å². The van der Waals surface area contributed by atoms with E-state index in [9.17, 15) is 0 Å². The first-order valence-electron chi connectivity index (χ1n) is 0.921. The molecule has 0 bridgehead atoms. The second-order valence-corrected chi connectivity index (χ2v) is 1.91. The van der Waals surface area contributed by atoms with Crippen molar-refractivity contribution in [1.82, 2.24) is 0 Å². The normalized spacial score (nSPS) is 1.15. The van der Waals surface area contributed by atoms with E-state index in [1.165, 1.54) is 0 Å². The van der Waals surface area contributed by atoms with Crippen molar-refractivity contribution in [3.05, 3.63) is 0 Å². The van der Waals surface area contributed by atoms with Gasteiger partial charge >= 0.3 is 9.05 Å². The first kappa shape index (κ1) is 1700. The van der Waals surface area contributed by atoms with Crippen LogP contribution >= 0.6 is 0 Å². The summed E-state index contributed by atoms with van der Waals surface area (Å²) in [4.78, 5) is 28.1. The van der Waals surface area contributed by atoms with Crippen LogP contribution in [0.1, 0.15) is 0 Å². The van der Waals surface area contributed by atoms with Gasteiger partial charge in [0.15, 0.2) is 0 Å². The van der Waals surface area contributed by atoms with Gasteiger partial charge in [-0.05, 0) is 0 Å². The zero-order chi connectivity index (χ0) is 4.50. The molecule has 0 aliphatic heterocycles. The minimum atomic E-state index is -4.36. The molecule has 0 saturated heterocycles. The van der Waals surface area contributed by atoms with Crippen LogP contribution in [-0.4, -0.2) is 220 Å². The van der Waals surface area contributed by atoms with Crippen molar-refractivity contribution in [2.24, 2.45) is 0 Å². The topological polar surface area (TPSA) is 1190 Å². The van der Waals surface area contributed by atoms with Gasteiger partial charge in [-0.1, -0.05) is 0 Å². The molecule has 0 rings (SSSR count). The maximum absolute atomic E-state index is 7.44. The summed E-state index contributed by atoms with van der Waals surface area (Å²) in [6.07, 6.45) is 0. The fourth-order valence-corrected chi connectivity index (χ4v) is 0. The number of hydrogen-bond acceptors (Lipinski definition) is 3. The molecular weight excluding hydrogens is 2730 g/mol. The van der Waals surface area contributed by atoms with Crippen LogP contribution in [0.3, 0.4) is 0 Å². The molecule has 0 spiro atoms. The molecule has 0 unspecified atom stereocenters. The van der Waals surface area contributed by atoms with Crippen molar-refractivity contribution in [2.45, 2.75) is 0 Å². The molecule has 0 fully saturated rings. The van der Waals surface area contributed by atoms with Crippen molar-refractivity contribution in [3.8, 4) is 0 Å². The van der Waals surface area contributed by atoms with E-state index in [1.807, 2.05) is 0 Å². The van der Waals surface area contributed by atoms with E-state index in [4.69, 9.17) is 19.2 Å². The molecular formula is H75CoO39SiW11+. The summed E-state index contributed by atoms with van der Waals surface area (Å²) < 4.78 is 0. The molecule has 52 heavy (non-hydrogen) atoms. The molecule has 0 aliphatic rings. The average Bonchev–Trinajstić information content (AvgIpc) is 0.722. The van der Waals surface area contributed by atoms with Crippen LogP contribution in [-0.2, 0) is 248 Å². The average molecular weight is 2810 g/mol. The summed E-state index contributed by atoms with van der Waals surface area (Å²) in [5, 5.41) is 0. The van der Waals surface area contributed by atoms with Gasteiger partial charge < -0.3 is 211 Å². The van der Waals surface area contributed by atoms with Crippen LogP contribution in [0.4, 0.5) is 0 Å². The van der Waals surface area contributed by atoms with Crippen LogP contribution < -0.4 is 0 Å². The Bertz CT molecular complexity index is 67.7. The Balaban J connectivity index is -0.0000000000740. The van der Waals surface area contributed by atoms with Gasteiger partial charge in [0.1, 0.15) is 0 Å². The summed E-state index contributed by atoms with van der Waals surface area (Å²) in [6, 6.07) is 0. The number of rotatable bonds is 0. The quantitative estimate of drug-likeness (QED) is 0.157. The molecule has 39 nitrogen and oxygen atoms in total. The van der Waals surface area contributed by atoms with E-state index in [-0.39, 0.29) is 440 Å². The molecule has 0 saturated carbocycles. The Kier molecular flexibility index (Phi) is 37400. The Morgan fingerprint density at radius 3 is 0.173 bits per heavy atom. The van der Waals surface area contributed by atoms with E-state index in [1.54, 1.807) is 0 Å². The fraction of sp³-hybridized carbons (Fsp3) is 0. The van der Waals surface area contributed by atoms with Crippen molar-refractivity contribution in [1.29, 1.82) is 0 Å². The zero-order valence-electron chi connectivity index (χ0n) is 24.7. The van der Waals surface area contributed by atoms with Crippen LogP contribution in [0.5, 0.6) is 0 Å². The van der Waals surface area contributed by atoms with E-state index < -0.39 is 9.05 Å². The molecule has 75 N–H and O–H groups in total. The predicted octanol–water partition coefficient (Wildman–Crippen LogP) is -31.8. The summed E-state index contributed by atoms with van der Waals surface area (Å²) in [5.74, 6) is 0. The van der Waals surface area contributed by atoms with E-state index >= 15 is 0 Å². The fourth-order valence-electron chi connectivity index (χ4n) is 0. The van der Waals surface area contributed by atoms with E-state index in [0.29, 0.717) is 0 Å². The van der Waals surface area contributed by atoms with Crippen LogP contribution in [0.2, 0.25) is 0 Å². The van der Waals surface area contributed by atoms with Gasteiger partial charge in [0.05, 0.1) is 0 Å². The first-order valence-corrected chi connectivity index (χ1v) is 2.76. The Morgan fingerprint density at radius 2 is 0.173 bits per heavy atom. The van der Waals surface area contributed by atoms with Crippen LogP contribution in [0.15, 0.2) is 0 Å². The second-order valence-electron chi connectivity index (χ2n) is 0.635. The standard InChI is InChI=1S/Co.H4O4Si.35H2O.11W/c;1-5(2,3)4;;;;;;;;;;;;;;;;;;;;;;;;;;;;;;;;;;;;;;;;;;;;;;/h;1-4H;35*1H2;;;;;;;;;;;/p+1. The van der Waals surface area contributed by atoms with Gasteiger partial charge in [-0.25, -0.2) is 0 Å². The van der Waals surface area contributed by atoms with Crippen molar-refractivity contribution >= 4 is 9.05 Å². The molecule has 52 heteroatoms. The molecule has 0 amide bonds. The van der Waals surface area contributed by atoms with Gasteiger partial charge in [0, 0.05) is 248 Å². The molecule has 0 aromatic rings. The third-order valence-corrected chi connectivity index (χ3v) is 0. The van der Waals surface area contributed by atoms with Crippen molar-refractivity contribution in [2.75, 3.05) is 0 Å². The van der Waals surface area contributed by atoms with Gasteiger partial charge in [-0.3, -0.25) is 0 Å². The number of hydrogen-bond donors (Lipinski definition) is 3. The molecule has 0 atom stereocenters. The Labute approximate surface area is 462 Å². The largest absolute Gasteiger partial charge is 0.900 e. The van der Waals surface area contributed by atoms with Gasteiger partial charge in [0.2, 0.25) is 0 Å². The summed E-state index contributed by atoms with van der Waals surface area (Å²) in [6.45, 7) is 0. The Morgan fingerprint density at radius 1 is 0.173 bits per heavy atom. The minimum absolute atomic E-state index is 0.